The summed E-state index contributed by atoms with van der Waals surface area (Å²) in [6.07, 6.45) is 3.49. The first-order valence-electron chi connectivity index (χ1n) is 7.61. The fourth-order valence-electron chi connectivity index (χ4n) is 2.82. The van der Waals surface area contributed by atoms with Crippen molar-refractivity contribution in [2.45, 2.75) is 23.7 Å². The number of anilines is 1. The Morgan fingerprint density at radius 2 is 1.88 bits per heavy atom. The van der Waals surface area contributed by atoms with E-state index in [1.807, 2.05) is 6.07 Å². The van der Waals surface area contributed by atoms with Gasteiger partial charge < -0.3 is 10.2 Å². The zero-order valence-corrected chi connectivity index (χ0v) is 13.8. The second-order valence-electron chi connectivity index (χ2n) is 5.77. The number of aromatic nitrogens is 2. The molecule has 1 aromatic heterocycles. The van der Waals surface area contributed by atoms with Crippen molar-refractivity contribution >= 4 is 21.7 Å². The number of amides is 2. The number of piperidine rings is 1. The summed E-state index contributed by atoms with van der Waals surface area (Å²) >= 11 is 0. The van der Waals surface area contributed by atoms with E-state index < -0.39 is 10.0 Å². The zero-order valence-electron chi connectivity index (χ0n) is 13.0. The van der Waals surface area contributed by atoms with Crippen molar-refractivity contribution in [3.8, 4) is 0 Å². The summed E-state index contributed by atoms with van der Waals surface area (Å²) in [6, 6.07) is 7.56. The third kappa shape index (κ3) is 3.74. The number of hydrogen-bond acceptors (Lipinski definition) is 4. The van der Waals surface area contributed by atoms with Crippen LogP contribution >= 0.6 is 0 Å². The number of rotatable bonds is 3. The van der Waals surface area contributed by atoms with Gasteiger partial charge in [-0.05, 0) is 43.2 Å². The number of nitrogens with two attached hydrogens (primary N) is 1. The topological polar surface area (TPSA) is 121 Å². The van der Waals surface area contributed by atoms with Gasteiger partial charge in [0.25, 0.3) is 0 Å². The van der Waals surface area contributed by atoms with Gasteiger partial charge in [0.15, 0.2) is 0 Å². The van der Waals surface area contributed by atoms with E-state index in [1.54, 1.807) is 11.1 Å². The predicted molar refractivity (Wildman–Crippen MR) is 89.0 cm³/mol. The predicted octanol–water partition coefficient (Wildman–Crippen LogP) is 1.47. The number of aromatic amines is 1. The van der Waals surface area contributed by atoms with E-state index >= 15 is 0 Å². The summed E-state index contributed by atoms with van der Waals surface area (Å²) in [4.78, 5) is 14.1. The molecule has 1 aliphatic heterocycles. The van der Waals surface area contributed by atoms with Gasteiger partial charge in [0.1, 0.15) is 0 Å². The lowest BCUT2D eigenvalue weighted by molar-refractivity contribution is 0.194. The molecule has 8 nitrogen and oxygen atoms in total. The molecule has 2 heterocycles. The highest BCUT2D eigenvalue weighted by Gasteiger charge is 2.24. The van der Waals surface area contributed by atoms with Gasteiger partial charge >= 0.3 is 6.03 Å². The van der Waals surface area contributed by atoms with Crippen molar-refractivity contribution in [1.29, 1.82) is 0 Å². The monoisotopic (exact) mass is 349 g/mol. The molecule has 0 radical (unpaired) electrons. The molecule has 0 bridgehead atoms. The van der Waals surface area contributed by atoms with Crippen LogP contribution < -0.4 is 10.5 Å². The Morgan fingerprint density at radius 3 is 2.42 bits per heavy atom. The Balaban J connectivity index is 1.56. The van der Waals surface area contributed by atoms with Crippen LogP contribution in [0.3, 0.4) is 0 Å². The molecule has 4 N–H and O–H groups in total. The highest BCUT2D eigenvalue weighted by Crippen LogP contribution is 2.26. The van der Waals surface area contributed by atoms with Crippen molar-refractivity contribution in [2.75, 3.05) is 18.4 Å². The Labute approximate surface area is 140 Å². The quantitative estimate of drug-likeness (QED) is 0.777. The number of H-pyrrole nitrogens is 1. The average Bonchev–Trinajstić information content (AvgIpc) is 3.09. The maximum Gasteiger partial charge on any atom is 0.321 e. The molecule has 128 valence electrons. The summed E-state index contributed by atoms with van der Waals surface area (Å²) in [7, 11) is -3.73. The molecule has 2 amide bonds. The summed E-state index contributed by atoms with van der Waals surface area (Å²) < 4.78 is 22.4. The van der Waals surface area contributed by atoms with Crippen LogP contribution in [0.25, 0.3) is 0 Å². The number of hydrogen-bond donors (Lipinski definition) is 3. The first kappa shape index (κ1) is 16.5. The second-order valence-corrected chi connectivity index (χ2v) is 7.33. The van der Waals surface area contributed by atoms with Crippen LogP contribution in [0, 0.1) is 0 Å². The van der Waals surface area contributed by atoms with Crippen LogP contribution in [0.5, 0.6) is 0 Å². The van der Waals surface area contributed by atoms with Crippen LogP contribution in [0.1, 0.15) is 24.5 Å². The number of primary sulfonamides is 1. The number of nitrogens with zero attached hydrogens (tertiary/aromatic N) is 2. The fourth-order valence-corrected chi connectivity index (χ4v) is 3.33. The summed E-state index contributed by atoms with van der Waals surface area (Å²) in [5, 5.41) is 14.8. The summed E-state index contributed by atoms with van der Waals surface area (Å²) in [6.45, 7) is 1.32. The summed E-state index contributed by atoms with van der Waals surface area (Å²) in [5.74, 6) is 0.394. The molecular formula is C15H19N5O3S. The number of nitrogens with one attached hydrogen (secondary N) is 2. The Hall–Kier alpha value is -2.39. The zero-order chi connectivity index (χ0) is 17.2. The van der Waals surface area contributed by atoms with Gasteiger partial charge in [0, 0.05) is 36.6 Å². The van der Waals surface area contributed by atoms with Crippen molar-refractivity contribution < 1.29 is 13.2 Å². The number of urea groups is 1. The lowest BCUT2D eigenvalue weighted by Gasteiger charge is -2.31. The van der Waals surface area contributed by atoms with E-state index in [0.29, 0.717) is 24.7 Å². The molecule has 24 heavy (non-hydrogen) atoms. The minimum atomic E-state index is -3.73. The van der Waals surface area contributed by atoms with Crippen molar-refractivity contribution in [2.24, 2.45) is 5.14 Å². The maximum atomic E-state index is 12.3. The van der Waals surface area contributed by atoms with E-state index in [4.69, 9.17) is 5.14 Å². The SMILES string of the molecule is NS(=O)(=O)c1ccc(NC(=O)N2CCC(c3ccn[nH]3)CC2)cc1. The number of benzene rings is 1. The Morgan fingerprint density at radius 1 is 1.21 bits per heavy atom. The molecular weight excluding hydrogens is 330 g/mol. The standard InChI is InChI=1S/C15H19N5O3S/c16-24(22,23)13-3-1-12(2-4-13)18-15(21)20-9-6-11(7-10-20)14-5-8-17-19-14/h1-5,8,11H,6-7,9-10H2,(H,17,19)(H,18,21)(H2,16,22,23). The largest absolute Gasteiger partial charge is 0.324 e. The molecule has 1 saturated heterocycles. The van der Waals surface area contributed by atoms with E-state index in [2.05, 4.69) is 15.5 Å². The minimum Gasteiger partial charge on any atom is -0.324 e. The molecule has 0 saturated carbocycles. The Kier molecular flexibility index (Phi) is 4.54. The van der Waals surface area contributed by atoms with Crippen LogP contribution in [-0.2, 0) is 10.0 Å². The van der Waals surface area contributed by atoms with Gasteiger partial charge in [-0.15, -0.1) is 0 Å². The lowest BCUT2D eigenvalue weighted by Crippen LogP contribution is -2.40. The van der Waals surface area contributed by atoms with E-state index in [1.165, 1.54) is 24.3 Å². The fraction of sp³-hybridized carbons (Fsp3) is 0.333. The number of carbonyl (C=O) groups excluding carboxylic acids is 1. The third-order valence-corrected chi connectivity index (χ3v) is 5.11. The van der Waals surface area contributed by atoms with Gasteiger partial charge in [-0.1, -0.05) is 0 Å². The third-order valence-electron chi connectivity index (χ3n) is 4.18. The molecule has 9 heteroatoms. The molecule has 1 aromatic carbocycles. The maximum absolute atomic E-state index is 12.3. The van der Waals surface area contributed by atoms with Crippen LogP contribution in [0.4, 0.5) is 10.5 Å². The van der Waals surface area contributed by atoms with Gasteiger partial charge in [0.2, 0.25) is 10.0 Å². The van der Waals surface area contributed by atoms with Gasteiger partial charge in [0.05, 0.1) is 4.90 Å². The van der Waals surface area contributed by atoms with Crippen molar-refractivity contribution in [3.05, 3.63) is 42.2 Å². The number of likely N-dealkylation sites (tertiary alicyclic amines) is 1. The molecule has 0 atom stereocenters. The van der Waals surface area contributed by atoms with Crippen LogP contribution in [0.2, 0.25) is 0 Å². The van der Waals surface area contributed by atoms with Crippen molar-refractivity contribution in [3.63, 3.8) is 0 Å². The molecule has 1 aliphatic rings. The molecule has 0 aliphatic carbocycles. The van der Waals surface area contributed by atoms with Crippen LogP contribution in [0.15, 0.2) is 41.4 Å². The smallest absolute Gasteiger partial charge is 0.321 e. The molecule has 3 rings (SSSR count). The molecule has 0 unspecified atom stereocenters. The van der Waals surface area contributed by atoms with Gasteiger partial charge in [-0.3, -0.25) is 5.10 Å². The van der Waals surface area contributed by atoms with E-state index in [0.717, 1.165) is 18.5 Å². The van der Waals surface area contributed by atoms with Gasteiger partial charge in [-0.25, -0.2) is 18.4 Å². The first-order valence-corrected chi connectivity index (χ1v) is 9.16. The van der Waals surface area contributed by atoms with E-state index in [9.17, 15) is 13.2 Å². The minimum absolute atomic E-state index is 0.0147. The highest BCUT2D eigenvalue weighted by molar-refractivity contribution is 7.89. The van der Waals surface area contributed by atoms with Crippen molar-refractivity contribution in [1.82, 2.24) is 15.1 Å². The lowest BCUT2D eigenvalue weighted by atomic mass is 9.94. The van der Waals surface area contributed by atoms with E-state index in [-0.39, 0.29) is 10.9 Å². The van der Waals surface area contributed by atoms with Crippen LogP contribution in [-0.4, -0.2) is 42.6 Å². The number of sulfonamides is 1. The van der Waals surface area contributed by atoms with Gasteiger partial charge in [-0.2, -0.15) is 5.10 Å². The molecule has 1 fully saturated rings. The number of carbonyl (C=O) groups is 1. The average molecular weight is 349 g/mol. The highest BCUT2D eigenvalue weighted by atomic mass is 32.2. The Bertz CT molecular complexity index is 794. The summed E-state index contributed by atoms with van der Waals surface area (Å²) in [5.41, 5.74) is 1.64. The normalized spacial score (nSPS) is 16.1. The molecule has 0 spiro atoms. The first-order chi connectivity index (χ1) is 11.4. The second kappa shape index (κ2) is 6.62. The molecule has 2 aromatic rings.